The molecule has 15 heavy (non-hydrogen) atoms. The van der Waals surface area contributed by atoms with Gasteiger partial charge in [-0.3, -0.25) is 0 Å². The Balaban J connectivity index is 2.30. The van der Waals surface area contributed by atoms with Crippen LogP contribution >= 0.6 is 23.6 Å². The first kappa shape index (κ1) is 10.3. The fourth-order valence-corrected chi connectivity index (χ4v) is 2.68. The van der Waals surface area contributed by atoms with Gasteiger partial charge in [-0.15, -0.1) is 11.3 Å². The molecule has 0 bridgehead atoms. The van der Waals surface area contributed by atoms with E-state index in [2.05, 4.69) is 0 Å². The Labute approximate surface area is 96.2 Å². The summed E-state index contributed by atoms with van der Waals surface area (Å²) in [4.78, 5) is 11.4. The molecule has 0 aliphatic heterocycles. The lowest BCUT2D eigenvalue weighted by molar-refractivity contribution is -0.293. The number of carbonyl (C=O) groups is 1. The van der Waals surface area contributed by atoms with E-state index >= 15 is 0 Å². The smallest absolute Gasteiger partial charge is 0.0786 e. The molecule has 2 rings (SSSR count). The number of thiocarbonyl (C=S) groups is 1. The second-order valence-electron chi connectivity index (χ2n) is 3.14. The summed E-state index contributed by atoms with van der Waals surface area (Å²) in [5.74, 6) is -1.25. The monoisotopic (exact) mass is 235 g/mol. The highest BCUT2D eigenvalue weighted by molar-refractivity contribution is 7.82. The molecule has 1 aromatic carbocycles. The second kappa shape index (κ2) is 4.08. The van der Waals surface area contributed by atoms with Crippen molar-refractivity contribution in [3.8, 4) is 0 Å². The van der Waals surface area contributed by atoms with E-state index in [0.29, 0.717) is 0 Å². The van der Waals surface area contributed by atoms with Crippen LogP contribution in [0.15, 0.2) is 30.3 Å². The summed E-state index contributed by atoms with van der Waals surface area (Å²) in [7, 11) is 0. The van der Waals surface area contributed by atoms with Gasteiger partial charge in [-0.2, -0.15) is 0 Å². The van der Waals surface area contributed by atoms with Gasteiger partial charge >= 0.3 is 0 Å². The van der Waals surface area contributed by atoms with Crippen LogP contribution in [0.2, 0.25) is 0 Å². The molecule has 0 atom stereocenters. The Hall–Kier alpha value is -1.26. The number of hydrogen-bond donors (Lipinski definition) is 0. The van der Waals surface area contributed by atoms with E-state index in [9.17, 15) is 9.90 Å². The number of fused-ring (bicyclic) bond motifs is 1. The summed E-state index contributed by atoms with van der Waals surface area (Å²) >= 11 is 6.27. The summed E-state index contributed by atoms with van der Waals surface area (Å²) in [5, 5.41) is 11.6. The zero-order valence-corrected chi connectivity index (χ0v) is 9.36. The van der Waals surface area contributed by atoms with Crippen LogP contribution in [0.4, 0.5) is 0 Å². The Morgan fingerprint density at radius 1 is 1.40 bits per heavy atom. The van der Waals surface area contributed by atoms with Crippen LogP contribution in [-0.2, 0) is 11.2 Å². The molecule has 0 saturated heterocycles. The van der Waals surface area contributed by atoms with E-state index < -0.39 is 5.97 Å². The fourth-order valence-electron chi connectivity index (χ4n) is 1.35. The van der Waals surface area contributed by atoms with Crippen LogP contribution < -0.4 is 5.11 Å². The van der Waals surface area contributed by atoms with Crippen LogP contribution in [0.1, 0.15) is 4.88 Å². The summed E-state index contributed by atoms with van der Waals surface area (Å²) in [6.45, 7) is 0. The molecule has 0 radical (unpaired) electrons. The molecule has 0 spiro atoms. The van der Waals surface area contributed by atoms with Gasteiger partial charge in [0.25, 0.3) is 0 Å². The van der Waals surface area contributed by atoms with Gasteiger partial charge in [0.15, 0.2) is 0 Å². The van der Waals surface area contributed by atoms with Gasteiger partial charge < -0.3 is 9.90 Å². The highest BCUT2D eigenvalue weighted by Crippen LogP contribution is 2.25. The van der Waals surface area contributed by atoms with Crippen LogP contribution in [0.25, 0.3) is 10.1 Å². The topological polar surface area (TPSA) is 40.1 Å². The highest BCUT2D eigenvalue weighted by atomic mass is 32.1. The quantitative estimate of drug-likeness (QED) is 0.758. The van der Waals surface area contributed by atoms with Crippen molar-refractivity contribution < 1.29 is 9.90 Å². The van der Waals surface area contributed by atoms with Gasteiger partial charge in [-0.05, 0) is 17.5 Å². The highest BCUT2D eigenvalue weighted by Gasteiger charge is 2.04. The van der Waals surface area contributed by atoms with E-state index in [4.69, 9.17) is 12.2 Å². The lowest BCUT2D eigenvalue weighted by Gasteiger charge is -2.00. The number of carboxylic acid groups (broad SMARTS) is 1. The van der Waals surface area contributed by atoms with E-state index in [-0.39, 0.29) is 11.3 Å². The molecule has 0 amide bonds. The predicted octanol–water partition coefficient (Wildman–Crippen LogP) is 1.56. The third-order valence-electron chi connectivity index (χ3n) is 2.04. The minimum atomic E-state index is -1.25. The number of rotatable bonds is 3. The predicted molar refractivity (Wildman–Crippen MR) is 63.1 cm³/mol. The van der Waals surface area contributed by atoms with Gasteiger partial charge in [0.2, 0.25) is 0 Å². The number of carbonyl (C=O) groups excluding carboxylic acids is 1. The lowest BCUT2D eigenvalue weighted by Crippen LogP contribution is -2.31. The second-order valence-corrected chi connectivity index (χ2v) is 4.80. The van der Waals surface area contributed by atoms with Crippen molar-refractivity contribution in [3.05, 3.63) is 35.2 Å². The van der Waals surface area contributed by atoms with Gasteiger partial charge in [0.1, 0.15) is 0 Å². The SMILES string of the molecule is O=C([O-])C(=S)Cc1cc2ccccc2s1. The third-order valence-corrected chi connectivity index (χ3v) is 3.47. The molecule has 2 nitrogen and oxygen atoms in total. The van der Waals surface area contributed by atoms with E-state index in [1.54, 1.807) is 11.3 Å². The van der Waals surface area contributed by atoms with Crippen molar-refractivity contribution in [2.75, 3.05) is 0 Å². The molecular formula is C11H7O2S2-. The number of benzene rings is 1. The zero-order valence-electron chi connectivity index (χ0n) is 7.73. The maximum atomic E-state index is 10.5. The van der Waals surface area contributed by atoms with Gasteiger partial charge in [0.05, 0.1) is 5.97 Å². The van der Waals surface area contributed by atoms with Crippen molar-refractivity contribution in [1.29, 1.82) is 0 Å². The minimum Gasteiger partial charge on any atom is -0.544 e. The number of carboxylic acids is 1. The fraction of sp³-hybridized carbons (Fsp3) is 0.0909. The summed E-state index contributed by atoms with van der Waals surface area (Å²) in [6.07, 6.45) is 0.289. The molecule has 0 N–H and O–H groups in total. The molecule has 76 valence electrons. The average molecular weight is 235 g/mol. The normalized spacial score (nSPS) is 10.4. The Kier molecular flexibility index (Phi) is 2.79. The standard InChI is InChI=1S/C11H8O2S2/c12-11(13)9(14)6-8-5-7-3-1-2-4-10(7)15-8/h1-5H,6H2,(H,12,13)/p-1. The maximum Gasteiger partial charge on any atom is 0.0786 e. The lowest BCUT2D eigenvalue weighted by atomic mass is 10.2. The van der Waals surface area contributed by atoms with Gasteiger partial charge in [0, 0.05) is 20.9 Å². The first-order valence-corrected chi connectivity index (χ1v) is 5.61. The summed E-state index contributed by atoms with van der Waals surface area (Å²) in [6, 6.07) is 9.88. The van der Waals surface area contributed by atoms with Crippen molar-refractivity contribution in [3.63, 3.8) is 0 Å². The van der Waals surface area contributed by atoms with E-state index in [0.717, 1.165) is 15.0 Å². The Bertz CT molecular complexity index is 495. The average Bonchev–Trinajstić information content (AvgIpc) is 2.59. The van der Waals surface area contributed by atoms with Crippen molar-refractivity contribution in [1.82, 2.24) is 0 Å². The molecule has 4 heteroatoms. The Morgan fingerprint density at radius 3 is 2.80 bits per heavy atom. The maximum absolute atomic E-state index is 10.5. The van der Waals surface area contributed by atoms with Gasteiger partial charge in [-0.25, -0.2) is 0 Å². The molecule has 0 aliphatic carbocycles. The van der Waals surface area contributed by atoms with E-state index in [1.165, 1.54) is 0 Å². The number of hydrogen-bond acceptors (Lipinski definition) is 4. The number of aliphatic carboxylic acids is 1. The first-order chi connectivity index (χ1) is 7.16. The van der Waals surface area contributed by atoms with Crippen LogP contribution in [-0.4, -0.2) is 10.8 Å². The first-order valence-electron chi connectivity index (χ1n) is 4.38. The summed E-state index contributed by atoms with van der Waals surface area (Å²) in [5.41, 5.74) is 0. The molecule has 1 aromatic heterocycles. The van der Waals surface area contributed by atoms with E-state index in [1.807, 2.05) is 30.3 Å². The Morgan fingerprint density at radius 2 is 2.13 bits per heavy atom. The molecule has 1 heterocycles. The summed E-state index contributed by atoms with van der Waals surface area (Å²) < 4.78 is 1.15. The molecule has 0 fully saturated rings. The van der Waals surface area contributed by atoms with Crippen LogP contribution in [0.3, 0.4) is 0 Å². The number of thiophene rings is 1. The largest absolute Gasteiger partial charge is 0.544 e. The molecule has 0 saturated carbocycles. The van der Waals surface area contributed by atoms with Gasteiger partial charge in [-0.1, -0.05) is 30.4 Å². The molecular weight excluding hydrogens is 228 g/mol. The minimum absolute atomic E-state index is 0.0402. The molecule has 0 unspecified atom stereocenters. The zero-order chi connectivity index (χ0) is 10.8. The third kappa shape index (κ3) is 2.22. The van der Waals surface area contributed by atoms with Crippen molar-refractivity contribution >= 4 is 44.5 Å². The van der Waals surface area contributed by atoms with Crippen LogP contribution in [0.5, 0.6) is 0 Å². The molecule has 2 aromatic rings. The van der Waals surface area contributed by atoms with Crippen molar-refractivity contribution in [2.24, 2.45) is 0 Å². The van der Waals surface area contributed by atoms with Crippen LogP contribution in [0, 0.1) is 0 Å². The van der Waals surface area contributed by atoms with Crippen molar-refractivity contribution in [2.45, 2.75) is 6.42 Å². The molecule has 0 aliphatic rings.